The predicted molar refractivity (Wildman–Crippen MR) is 52.9 cm³/mol. The molecular formula is C6H13Cl2O4P. The zero-order chi connectivity index (χ0) is 10.2. The molecule has 0 bridgehead atoms. The number of hydrogen-bond donors (Lipinski definition) is 1. The van der Waals surface area contributed by atoms with Gasteiger partial charge in [-0.05, 0) is 0 Å². The molecule has 0 aromatic rings. The molecule has 0 aliphatic rings. The zero-order valence-electron chi connectivity index (χ0n) is 7.12. The molecule has 0 rings (SSSR count). The lowest BCUT2D eigenvalue weighted by Gasteiger charge is -2.16. The Morgan fingerprint density at radius 1 is 1.15 bits per heavy atom. The van der Waals surface area contributed by atoms with E-state index in [0.29, 0.717) is 0 Å². The van der Waals surface area contributed by atoms with Crippen molar-refractivity contribution in [1.29, 1.82) is 0 Å². The monoisotopic (exact) mass is 250 g/mol. The summed E-state index contributed by atoms with van der Waals surface area (Å²) in [7, 11) is -3.17. The fourth-order valence-corrected chi connectivity index (χ4v) is 2.32. The molecule has 0 aromatic carbocycles. The molecule has 0 amide bonds. The largest absolute Gasteiger partial charge is 0.396 e. The molecule has 0 aliphatic carbocycles. The normalized spacial score (nSPS) is 11.9. The minimum Gasteiger partial charge on any atom is -0.396 e. The molecule has 0 radical (unpaired) electrons. The van der Waals surface area contributed by atoms with Gasteiger partial charge in [0.2, 0.25) is 0 Å². The third kappa shape index (κ3) is 6.72. The summed E-state index contributed by atoms with van der Waals surface area (Å²) in [6.45, 7) is 0.0318. The standard InChI is InChI=1S/C6H13Cl2O4P/c7-1-4-11-13(10,6-3-9)12-5-2-8/h9H,1-6H2. The summed E-state index contributed by atoms with van der Waals surface area (Å²) in [5, 5.41) is 8.60. The molecule has 0 unspecified atom stereocenters. The van der Waals surface area contributed by atoms with E-state index in [1.165, 1.54) is 0 Å². The van der Waals surface area contributed by atoms with Crippen molar-refractivity contribution in [3.05, 3.63) is 0 Å². The van der Waals surface area contributed by atoms with Gasteiger partial charge in [0.25, 0.3) is 0 Å². The summed E-state index contributed by atoms with van der Waals surface area (Å²) in [5.74, 6) is 0.472. The van der Waals surface area contributed by atoms with E-state index in [-0.39, 0.29) is 37.7 Å². The molecule has 0 aliphatic heterocycles. The number of hydrogen-bond acceptors (Lipinski definition) is 4. The Balaban J connectivity index is 3.92. The van der Waals surface area contributed by atoms with Gasteiger partial charge in [-0.25, -0.2) is 0 Å². The van der Waals surface area contributed by atoms with Crippen LogP contribution in [0.25, 0.3) is 0 Å². The van der Waals surface area contributed by atoms with E-state index in [0.717, 1.165) is 0 Å². The van der Waals surface area contributed by atoms with Gasteiger partial charge in [0.1, 0.15) is 0 Å². The molecule has 0 aromatic heterocycles. The molecule has 0 atom stereocenters. The fraction of sp³-hybridized carbons (Fsp3) is 1.00. The third-order valence-corrected chi connectivity index (χ3v) is 3.31. The first-order valence-corrected chi connectivity index (χ1v) is 6.59. The van der Waals surface area contributed by atoms with Gasteiger partial charge >= 0.3 is 7.60 Å². The summed E-state index contributed by atoms with van der Waals surface area (Å²) in [6.07, 6.45) is -0.0270. The minimum atomic E-state index is -3.17. The lowest BCUT2D eigenvalue weighted by atomic mass is 10.9. The van der Waals surface area contributed by atoms with Gasteiger partial charge in [-0.1, -0.05) is 0 Å². The summed E-state index contributed by atoms with van der Waals surface area (Å²) in [6, 6.07) is 0. The Kier molecular flexibility index (Phi) is 8.46. The van der Waals surface area contributed by atoms with E-state index in [4.69, 9.17) is 37.4 Å². The van der Waals surface area contributed by atoms with Crippen molar-refractivity contribution in [3.63, 3.8) is 0 Å². The van der Waals surface area contributed by atoms with Crippen LogP contribution in [-0.4, -0.2) is 42.8 Å². The summed E-state index contributed by atoms with van der Waals surface area (Å²) < 4.78 is 21.4. The third-order valence-electron chi connectivity index (χ3n) is 1.10. The molecule has 0 fully saturated rings. The van der Waals surface area contributed by atoms with Crippen LogP contribution in [0.2, 0.25) is 0 Å². The number of alkyl halides is 2. The number of halogens is 2. The van der Waals surface area contributed by atoms with Gasteiger partial charge in [0.15, 0.2) is 0 Å². The van der Waals surface area contributed by atoms with Crippen LogP contribution in [0, 0.1) is 0 Å². The van der Waals surface area contributed by atoms with Crippen molar-refractivity contribution in [1.82, 2.24) is 0 Å². The Bertz CT molecular complexity index is 155. The molecule has 4 nitrogen and oxygen atoms in total. The first-order valence-electron chi connectivity index (χ1n) is 3.79. The Hall–Kier alpha value is 0.690. The molecule has 1 N–H and O–H groups in total. The van der Waals surface area contributed by atoms with E-state index in [1.807, 2.05) is 0 Å². The number of rotatable bonds is 8. The maximum Gasteiger partial charge on any atom is 0.333 e. The van der Waals surface area contributed by atoms with Crippen LogP contribution in [0.4, 0.5) is 0 Å². The van der Waals surface area contributed by atoms with Gasteiger partial charge in [0, 0.05) is 11.8 Å². The quantitative estimate of drug-likeness (QED) is 0.526. The highest BCUT2D eigenvalue weighted by molar-refractivity contribution is 7.53. The van der Waals surface area contributed by atoms with Gasteiger partial charge in [-0.3, -0.25) is 4.57 Å². The summed E-state index contributed by atoms with van der Waals surface area (Å²) >= 11 is 10.7. The molecule has 0 saturated heterocycles. The van der Waals surface area contributed by atoms with E-state index < -0.39 is 7.60 Å². The second-order valence-corrected chi connectivity index (χ2v) is 5.04. The van der Waals surface area contributed by atoms with Crippen molar-refractivity contribution in [2.45, 2.75) is 0 Å². The highest BCUT2D eigenvalue weighted by Gasteiger charge is 2.23. The molecule has 0 saturated carbocycles. The average molecular weight is 251 g/mol. The van der Waals surface area contributed by atoms with Crippen molar-refractivity contribution >= 4 is 30.8 Å². The van der Waals surface area contributed by atoms with E-state index in [9.17, 15) is 4.57 Å². The molecule has 0 spiro atoms. The Morgan fingerprint density at radius 2 is 1.62 bits per heavy atom. The van der Waals surface area contributed by atoms with Crippen molar-refractivity contribution in [2.75, 3.05) is 37.7 Å². The molecule has 7 heteroatoms. The second-order valence-electron chi connectivity index (χ2n) is 2.10. The Labute approximate surface area is 87.7 Å². The summed E-state index contributed by atoms with van der Waals surface area (Å²) in [5.41, 5.74) is 0. The predicted octanol–water partition coefficient (Wildman–Crippen LogP) is 1.68. The molecule has 80 valence electrons. The lowest BCUT2D eigenvalue weighted by Crippen LogP contribution is -2.06. The second kappa shape index (κ2) is 8.04. The molecule has 0 heterocycles. The van der Waals surface area contributed by atoms with Crippen LogP contribution >= 0.6 is 30.8 Å². The topological polar surface area (TPSA) is 55.8 Å². The van der Waals surface area contributed by atoms with Crippen molar-refractivity contribution in [3.8, 4) is 0 Å². The van der Waals surface area contributed by atoms with Gasteiger partial charge in [-0.2, -0.15) is 0 Å². The molecular weight excluding hydrogens is 238 g/mol. The van der Waals surface area contributed by atoms with Crippen LogP contribution in [0.3, 0.4) is 0 Å². The van der Waals surface area contributed by atoms with E-state index >= 15 is 0 Å². The fourth-order valence-electron chi connectivity index (χ4n) is 0.636. The maximum atomic E-state index is 11.6. The first-order chi connectivity index (χ1) is 6.18. The van der Waals surface area contributed by atoms with Crippen LogP contribution in [-0.2, 0) is 13.6 Å². The number of aliphatic hydroxyl groups excluding tert-OH is 1. The minimum absolute atomic E-state index is 0.0270. The Morgan fingerprint density at radius 3 is 1.92 bits per heavy atom. The maximum absolute atomic E-state index is 11.6. The van der Waals surface area contributed by atoms with Crippen molar-refractivity contribution < 1.29 is 18.7 Å². The van der Waals surface area contributed by atoms with Gasteiger partial charge in [0.05, 0.1) is 26.0 Å². The van der Waals surface area contributed by atoms with Crippen molar-refractivity contribution in [2.24, 2.45) is 0 Å². The van der Waals surface area contributed by atoms with Crippen LogP contribution < -0.4 is 0 Å². The van der Waals surface area contributed by atoms with E-state index in [1.54, 1.807) is 0 Å². The first kappa shape index (κ1) is 13.7. The molecule has 13 heavy (non-hydrogen) atoms. The van der Waals surface area contributed by atoms with Crippen LogP contribution in [0.15, 0.2) is 0 Å². The average Bonchev–Trinajstić information content (AvgIpc) is 2.12. The highest BCUT2D eigenvalue weighted by atomic mass is 35.5. The van der Waals surface area contributed by atoms with Gasteiger partial charge in [-0.15, -0.1) is 23.2 Å². The smallest absolute Gasteiger partial charge is 0.333 e. The SMILES string of the molecule is O=P(CCO)(OCCCl)OCCCl. The summed E-state index contributed by atoms with van der Waals surface area (Å²) in [4.78, 5) is 0. The zero-order valence-corrected chi connectivity index (χ0v) is 9.52. The lowest BCUT2D eigenvalue weighted by molar-refractivity contribution is 0.212. The number of aliphatic hydroxyl groups is 1. The van der Waals surface area contributed by atoms with Crippen LogP contribution in [0.5, 0.6) is 0 Å². The van der Waals surface area contributed by atoms with Crippen LogP contribution in [0.1, 0.15) is 0 Å². The van der Waals surface area contributed by atoms with E-state index in [2.05, 4.69) is 0 Å². The van der Waals surface area contributed by atoms with Gasteiger partial charge < -0.3 is 14.2 Å². The highest BCUT2D eigenvalue weighted by Crippen LogP contribution is 2.47.